The van der Waals surface area contributed by atoms with Gasteiger partial charge in [0.1, 0.15) is 0 Å². The normalized spacial score (nSPS) is 13.6. The Hall–Kier alpha value is -0.620. The Balaban J connectivity index is 0.00000400. The highest BCUT2D eigenvalue weighted by Gasteiger charge is 2.19. The van der Waals surface area contributed by atoms with Gasteiger partial charge in [0.15, 0.2) is 0 Å². The summed E-state index contributed by atoms with van der Waals surface area (Å²) >= 11 is 0. The molecule has 4 nitrogen and oxygen atoms in total. The molecule has 122 valence electrons. The van der Waals surface area contributed by atoms with E-state index in [4.69, 9.17) is 5.73 Å². The predicted molar refractivity (Wildman–Crippen MR) is 90.5 cm³/mol. The van der Waals surface area contributed by atoms with Gasteiger partial charge in [-0.2, -0.15) is 0 Å². The van der Waals surface area contributed by atoms with Crippen molar-refractivity contribution >= 4 is 22.4 Å². The van der Waals surface area contributed by atoms with Gasteiger partial charge in [-0.3, -0.25) is 0 Å². The van der Waals surface area contributed by atoms with Crippen LogP contribution in [0.1, 0.15) is 46.1 Å². The monoisotopic (exact) mass is 334 g/mol. The smallest absolute Gasteiger partial charge is 0.240 e. The molecular weight excluding hydrogens is 308 g/mol. The quantitative estimate of drug-likeness (QED) is 0.805. The van der Waals surface area contributed by atoms with Gasteiger partial charge in [-0.25, -0.2) is 13.1 Å². The molecular formula is C15H27ClN2O2S. The fourth-order valence-electron chi connectivity index (χ4n) is 1.79. The first-order chi connectivity index (χ1) is 9.19. The van der Waals surface area contributed by atoms with Crippen LogP contribution in [-0.2, 0) is 15.4 Å². The second kappa shape index (κ2) is 8.13. The van der Waals surface area contributed by atoms with Gasteiger partial charge in [0.05, 0.1) is 4.90 Å². The van der Waals surface area contributed by atoms with Gasteiger partial charge < -0.3 is 5.73 Å². The van der Waals surface area contributed by atoms with Crippen molar-refractivity contribution in [1.29, 1.82) is 0 Å². The summed E-state index contributed by atoms with van der Waals surface area (Å²) in [5, 5.41) is 0. The van der Waals surface area contributed by atoms with E-state index in [0.29, 0.717) is 17.9 Å². The SMILES string of the molecule is CCC(C)(C)c1ccc(S(=O)(=O)NCCC(C)N)cc1.Cl. The van der Waals surface area contributed by atoms with Crippen LogP contribution >= 0.6 is 12.4 Å². The van der Waals surface area contributed by atoms with Gasteiger partial charge in [0, 0.05) is 12.6 Å². The molecule has 0 saturated heterocycles. The third kappa shape index (κ3) is 5.94. The molecule has 6 heteroatoms. The van der Waals surface area contributed by atoms with E-state index in [0.717, 1.165) is 12.0 Å². The van der Waals surface area contributed by atoms with Gasteiger partial charge in [-0.05, 0) is 42.9 Å². The molecule has 0 saturated carbocycles. The zero-order valence-electron chi connectivity index (χ0n) is 13.2. The van der Waals surface area contributed by atoms with Crippen molar-refractivity contribution in [3.63, 3.8) is 0 Å². The van der Waals surface area contributed by atoms with E-state index >= 15 is 0 Å². The maximum Gasteiger partial charge on any atom is 0.240 e. The summed E-state index contributed by atoms with van der Waals surface area (Å²) in [7, 11) is -3.43. The van der Waals surface area contributed by atoms with E-state index < -0.39 is 10.0 Å². The van der Waals surface area contributed by atoms with Crippen LogP contribution < -0.4 is 10.5 Å². The summed E-state index contributed by atoms with van der Waals surface area (Å²) in [6.07, 6.45) is 1.63. The molecule has 1 rings (SSSR count). The highest BCUT2D eigenvalue weighted by atomic mass is 35.5. The zero-order valence-corrected chi connectivity index (χ0v) is 14.9. The van der Waals surface area contributed by atoms with Crippen molar-refractivity contribution in [2.75, 3.05) is 6.54 Å². The Bertz CT molecular complexity index is 525. The molecule has 1 atom stereocenters. The maximum atomic E-state index is 12.1. The molecule has 0 aliphatic heterocycles. The van der Waals surface area contributed by atoms with Crippen molar-refractivity contribution < 1.29 is 8.42 Å². The highest BCUT2D eigenvalue weighted by Crippen LogP contribution is 2.27. The number of hydrogen-bond acceptors (Lipinski definition) is 3. The molecule has 1 unspecified atom stereocenters. The zero-order chi connectivity index (χ0) is 15.4. The largest absolute Gasteiger partial charge is 0.328 e. The molecule has 1 aromatic rings. The van der Waals surface area contributed by atoms with Crippen molar-refractivity contribution in [1.82, 2.24) is 4.72 Å². The summed E-state index contributed by atoms with van der Waals surface area (Å²) in [6.45, 7) is 8.65. The average molecular weight is 335 g/mol. The first kappa shape index (κ1) is 20.4. The van der Waals surface area contributed by atoms with Crippen molar-refractivity contribution in [3.8, 4) is 0 Å². The highest BCUT2D eigenvalue weighted by molar-refractivity contribution is 7.89. The fourth-order valence-corrected chi connectivity index (χ4v) is 2.84. The Morgan fingerprint density at radius 1 is 1.24 bits per heavy atom. The third-order valence-electron chi connectivity index (χ3n) is 3.72. The summed E-state index contributed by atoms with van der Waals surface area (Å²) in [4.78, 5) is 0.304. The standard InChI is InChI=1S/C15H26N2O2S.ClH/c1-5-15(3,4)13-6-8-14(9-7-13)20(18,19)17-11-10-12(2)16;/h6-9,12,17H,5,10-11,16H2,1-4H3;1H. The van der Waals surface area contributed by atoms with Crippen LogP contribution in [-0.4, -0.2) is 21.0 Å². The van der Waals surface area contributed by atoms with Gasteiger partial charge >= 0.3 is 0 Å². The Morgan fingerprint density at radius 3 is 2.19 bits per heavy atom. The minimum absolute atomic E-state index is 0. The lowest BCUT2D eigenvalue weighted by Gasteiger charge is -2.23. The van der Waals surface area contributed by atoms with Crippen LogP contribution in [0.5, 0.6) is 0 Å². The summed E-state index contributed by atoms with van der Waals surface area (Å²) in [5.74, 6) is 0. The van der Waals surface area contributed by atoms with Crippen LogP contribution in [0.4, 0.5) is 0 Å². The molecule has 21 heavy (non-hydrogen) atoms. The van der Waals surface area contributed by atoms with E-state index in [1.807, 2.05) is 19.1 Å². The molecule has 0 radical (unpaired) electrons. The number of halogens is 1. The van der Waals surface area contributed by atoms with Crippen molar-refractivity contribution in [2.24, 2.45) is 5.73 Å². The summed E-state index contributed by atoms with van der Waals surface area (Å²) in [6, 6.07) is 7.11. The van der Waals surface area contributed by atoms with Gasteiger partial charge in [0.25, 0.3) is 0 Å². The van der Waals surface area contributed by atoms with Gasteiger partial charge in [-0.15, -0.1) is 12.4 Å². The number of benzene rings is 1. The van der Waals surface area contributed by atoms with E-state index in [-0.39, 0.29) is 23.9 Å². The molecule has 0 aliphatic rings. The number of nitrogens with two attached hydrogens (primary N) is 1. The van der Waals surface area contributed by atoms with Crippen molar-refractivity contribution in [3.05, 3.63) is 29.8 Å². The number of hydrogen-bond donors (Lipinski definition) is 2. The lowest BCUT2D eigenvalue weighted by molar-refractivity contribution is 0.505. The van der Waals surface area contributed by atoms with Crippen molar-refractivity contribution in [2.45, 2.75) is 56.9 Å². The van der Waals surface area contributed by atoms with Crippen LogP contribution in [0.3, 0.4) is 0 Å². The molecule has 0 bridgehead atoms. The molecule has 0 aromatic heterocycles. The van der Waals surface area contributed by atoms with Gasteiger partial charge in [-0.1, -0.05) is 32.9 Å². The fraction of sp³-hybridized carbons (Fsp3) is 0.600. The number of nitrogens with one attached hydrogen (secondary N) is 1. The Labute approximate surface area is 135 Å². The van der Waals surface area contributed by atoms with Crippen LogP contribution in [0.25, 0.3) is 0 Å². The lowest BCUT2D eigenvalue weighted by Crippen LogP contribution is -2.29. The summed E-state index contributed by atoms with van der Waals surface area (Å²) < 4.78 is 26.8. The molecule has 1 aromatic carbocycles. The molecule has 0 fully saturated rings. The second-order valence-corrected chi connectivity index (χ2v) is 7.69. The molecule has 3 N–H and O–H groups in total. The molecule has 0 heterocycles. The first-order valence-corrected chi connectivity index (χ1v) is 8.53. The topological polar surface area (TPSA) is 72.2 Å². The van der Waals surface area contributed by atoms with E-state index in [1.165, 1.54) is 0 Å². The molecule has 0 spiro atoms. The maximum absolute atomic E-state index is 12.1. The van der Waals surface area contributed by atoms with E-state index in [2.05, 4.69) is 25.5 Å². The average Bonchev–Trinajstić information content (AvgIpc) is 2.38. The number of sulfonamides is 1. The van der Waals surface area contributed by atoms with E-state index in [1.54, 1.807) is 12.1 Å². The summed E-state index contributed by atoms with van der Waals surface area (Å²) in [5.41, 5.74) is 6.82. The molecule has 0 amide bonds. The Kier molecular flexibility index (Phi) is 7.89. The minimum Gasteiger partial charge on any atom is -0.328 e. The van der Waals surface area contributed by atoms with E-state index in [9.17, 15) is 8.42 Å². The first-order valence-electron chi connectivity index (χ1n) is 7.05. The minimum atomic E-state index is -3.43. The Morgan fingerprint density at radius 2 is 1.76 bits per heavy atom. The lowest BCUT2D eigenvalue weighted by atomic mass is 9.82. The van der Waals surface area contributed by atoms with Crippen LogP contribution in [0, 0.1) is 0 Å². The van der Waals surface area contributed by atoms with Crippen LogP contribution in [0.2, 0.25) is 0 Å². The number of rotatable bonds is 7. The predicted octanol–water partition coefficient (Wildman–Crippen LogP) is 2.81. The molecule has 0 aliphatic carbocycles. The third-order valence-corrected chi connectivity index (χ3v) is 5.20. The van der Waals surface area contributed by atoms with Crippen LogP contribution in [0.15, 0.2) is 29.2 Å². The second-order valence-electron chi connectivity index (χ2n) is 5.93. The van der Waals surface area contributed by atoms with Gasteiger partial charge in [0.2, 0.25) is 10.0 Å².